The van der Waals surface area contributed by atoms with Crippen molar-refractivity contribution in [3.8, 4) is 11.5 Å². The molecule has 3 rings (SSSR count). The summed E-state index contributed by atoms with van der Waals surface area (Å²) in [6, 6.07) is 20.7. The van der Waals surface area contributed by atoms with Gasteiger partial charge in [-0.2, -0.15) is 0 Å². The van der Waals surface area contributed by atoms with E-state index in [9.17, 15) is 9.59 Å². The average Bonchev–Trinajstić information content (AvgIpc) is 2.71. The third-order valence-electron chi connectivity index (χ3n) is 5.26. The van der Waals surface area contributed by atoms with Crippen molar-refractivity contribution in [2.24, 2.45) is 0 Å². The van der Waals surface area contributed by atoms with E-state index >= 15 is 0 Å². The Morgan fingerprint density at radius 1 is 0.733 bits per heavy atom. The van der Waals surface area contributed by atoms with Gasteiger partial charge in [0.25, 0.3) is 0 Å². The number of hydrogen-bond donors (Lipinski definition) is 0. The largest absolute Gasteiger partial charge is 0.426 e. The third kappa shape index (κ3) is 4.60. The molecule has 0 spiro atoms. The molecule has 4 heteroatoms. The second-order valence-corrected chi connectivity index (χ2v) is 7.93. The van der Waals surface area contributed by atoms with E-state index in [0.29, 0.717) is 17.1 Å². The lowest BCUT2D eigenvalue weighted by Gasteiger charge is -2.27. The van der Waals surface area contributed by atoms with Crippen LogP contribution in [0.4, 0.5) is 0 Å². The first kappa shape index (κ1) is 21.3. The van der Waals surface area contributed by atoms with Crippen LogP contribution in [-0.2, 0) is 10.2 Å². The SMILES string of the molecule is CC(=O)Oc1ccc(C(C)(C)c2ccc(OC(=O)c3ccccc3)c(C)c2)cc1C. The van der Waals surface area contributed by atoms with Crippen LogP contribution in [0.1, 0.15) is 53.4 Å². The first-order chi connectivity index (χ1) is 14.2. The highest BCUT2D eigenvalue weighted by Crippen LogP contribution is 2.36. The summed E-state index contributed by atoms with van der Waals surface area (Å²) in [5, 5.41) is 0. The zero-order chi connectivity index (χ0) is 21.9. The summed E-state index contributed by atoms with van der Waals surface area (Å²) >= 11 is 0. The Labute approximate surface area is 177 Å². The van der Waals surface area contributed by atoms with Crippen LogP contribution in [0.3, 0.4) is 0 Å². The number of esters is 2. The van der Waals surface area contributed by atoms with Gasteiger partial charge < -0.3 is 9.47 Å². The van der Waals surface area contributed by atoms with Crippen molar-refractivity contribution in [1.82, 2.24) is 0 Å². The highest BCUT2D eigenvalue weighted by molar-refractivity contribution is 5.91. The van der Waals surface area contributed by atoms with Crippen molar-refractivity contribution in [3.63, 3.8) is 0 Å². The maximum absolute atomic E-state index is 12.4. The zero-order valence-corrected chi connectivity index (χ0v) is 18.0. The van der Waals surface area contributed by atoms with Crippen LogP contribution in [0.2, 0.25) is 0 Å². The summed E-state index contributed by atoms with van der Waals surface area (Å²) in [4.78, 5) is 23.6. The first-order valence-electron chi connectivity index (χ1n) is 9.86. The Hall–Kier alpha value is -3.40. The maximum atomic E-state index is 12.4. The molecule has 0 aliphatic rings. The van der Waals surface area contributed by atoms with Gasteiger partial charge in [-0.05, 0) is 60.4 Å². The fraction of sp³-hybridized carbons (Fsp3) is 0.231. The van der Waals surface area contributed by atoms with Crippen molar-refractivity contribution in [2.75, 3.05) is 0 Å². The minimum absolute atomic E-state index is 0.285. The Kier molecular flexibility index (Phi) is 6.06. The molecule has 0 atom stereocenters. The molecule has 0 aromatic heterocycles. The average molecular weight is 402 g/mol. The van der Waals surface area contributed by atoms with Gasteiger partial charge in [0, 0.05) is 12.3 Å². The van der Waals surface area contributed by atoms with E-state index in [1.807, 2.05) is 68.4 Å². The van der Waals surface area contributed by atoms with Gasteiger partial charge in [0.1, 0.15) is 11.5 Å². The summed E-state index contributed by atoms with van der Waals surface area (Å²) in [5.74, 6) is 0.412. The number of carbonyl (C=O) groups excluding carboxylic acids is 2. The Bertz CT molecular complexity index is 1080. The van der Waals surface area contributed by atoms with Crippen molar-refractivity contribution in [1.29, 1.82) is 0 Å². The fourth-order valence-corrected chi connectivity index (χ4v) is 3.36. The minimum atomic E-state index is -0.373. The van der Waals surface area contributed by atoms with E-state index in [2.05, 4.69) is 13.8 Å². The Balaban J connectivity index is 1.85. The van der Waals surface area contributed by atoms with Crippen molar-refractivity contribution >= 4 is 11.9 Å². The van der Waals surface area contributed by atoms with Gasteiger partial charge in [-0.3, -0.25) is 4.79 Å². The topological polar surface area (TPSA) is 52.6 Å². The third-order valence-corrected chi connectivity index (χ3v) is 5.26. The molecule has 3 aromatic carbocycles. The molecule has 0 fully saturated rings. The molecule has 0 aliphatic heterocycles. The van der Waals surface area contributed by atoms with Crippen LogP contribution in [0.15, 0.2) is 66.7 Å². The van der Waals surface area contributed by atoms with E-state index < -0.39 is 0 Å². The van der Waals surface area contributed by atoms with E-state index in [1.165, 1.54) is 6.92 Å². The van der Waals surface area contributed by atoms with Crippen molar-refractivity contribution < 1.29 is 19.1 Å². The lowest BCUT2D eigenvalue weighted by molar-refractivity contribution is -0.131. The van der Waals surface area contributed by atoms with E-state index in [1.54, 1.807) is 12.1 Å². The zero-order valence-electron chi connectivity index (χ0n) is 18.0. The molecular weight excluding hydrogens is 376 g/mol. The number of hydrogen-bond acceptors (Lipinski definition) is 4. The van der Waals surface area contributed by atoms with E-state index in [-0.39, 0.29) is 17.4 Å². The number of ether oxygens (including phenoxy) is 2. The number of rotatable bonds is 5. The van der Waals surface area contributed by atoms with Crippen molar-refractivity contribution in [2.45, 2.75) is 40.0 Å². The van der Waals surface area contributed by atoms with Gasteiger partial charge >= 0.3 is 11.9 Å². The monoisotopic (exact) mass is 402 g/mol. The van der Waals surface area contributed by atoms with Crippen LogP contribution in [0.25, 0.3) is 0 Å². The molecule has 0 saturated carbocycles. The second-order valence-electron chi connectivity index (χ2n) is 7.93. The summed E-state index contributed by atoms with van der Waals surface area (Å²) < 4.78 is 10.8. The van der Waals surface area contributed by atoms with Crippen LogP contribution in [-0.4, -0.2) is 11.9 Å². The van der Waals surface area contributed by atoms with Crippen LogP contribution >= 0.6 is 0 Å². The highest BCUT2D eigenvalue weighted by Gasteiger charge is 2.25. The smallest absolute Gasteiger partial charge is 0.343 e. The molecule has 0 heterocycles. The van der Waals surface area contributed by atoms with Gasteiger partial charge in [-0.25, -0.2) is 4.79 Å². The fourth-order valence-electron chi connectivity index (χ4n) is 3.36. The normalized spacial score (nSPS) is 11.1. The molecule has 0 bridgehead atoms. The number of aryl methyl sites for hydroxylation is 2. The summed E-state index contributed by atoms with van der Waals surface area (Å²) in [7, 11) is 0. The molecular formula is C26H26O4. The summed E-state index contributed by atoms with van der Waals surface area (Å²) in [6.07, 6.45) is 0. The molecule has 0 aliphatic carbocycles. The molecule has 154 valence electrons. The van der Waals surface area contributed by atoms with Crippen LogP contribution in [0.5, 0.6) is 11.5 Å². The van der Waals surface area contributed by atoms with Gasteiger partial charge in [0.2, 0.25) is 0 Å². The molecule has 0 unspecified atom stereocenters. The lowest BCUT2D eigenvalue weighted by Crippen LogP contribution is -2.19. The highest BCUT2D eigenvalue weighted by atomic mass is 16.5. The number of carbonyl (C=O) groups is 2. The van der Waals surface area contributed by atoms with Crippen LogP contribution in [0, 0.1) is 13.8 Å². The molecule has 0 amide bonds. The van der Waals surface area contributed by atoms with Crippen molar-refractivity contribution in [3.05, 3.63) is 94.5 Å². The lowest BCUT2D eigenvalue weighted by atomic mass is 9.77. The van der Waals surface area contributed by atoms with Gasteiger partial charge in [-0.1, -0.05) is 56.3 Å². The summed E-state index contributed by atoms with van der Waals surface area (Å²) in [6.45, 7) is 9.53. The molecule has 30 heavy (non-hydrogen) atoms. The number of benzene rings is 3. The van der Waals surface area contributed by atoms with E-state index in [4.69, 9.17) is 9.47 Å². The molecule has 0 saturated heterocycles. The molecule has 0 N–H and O–H groups in total. The maximum Gasteiger partial charge on any atom is 0.343 e. The molecule has 4 nitrogen and oxygen atoms in total. The van der Waals surface area contributed by atoms with Gasteiger partial charge in [-0.15, -0.1) is 0 Å². The van der Waals surface area contributed by atoms with Gasteiger partial charge in [0.15, 0.2) is 0 Å². The minimum Gasteiger partial charge on any atom is -0.426 e. The molecule has 3 aromatic rings. The standard InChI is InChI=1S/C26H26O4/c1-17-15-21(11-13-23(17)29-19(3)27)26(4,5)22-12-14-24(18(2)16-22)30-25(28)20-9-7-6-8-10-20/h6-16H,1-5H3. The van der Waals surface area contributed by atoms with Gasteiger partial charge in [0.05, 0.1) is 5.56 Å². The predicted octanol–water partition coefficient (Wildman–Crippen LogP) is 5.77. The Morgan fingerprint density at radius 2 is 1.23 bits per heavy atom. The van der Waals surface area contributed by atoms with E-state index in [0.717, 1.165) is 22.3 Å². The first-order valence-corrected chi connectivity index (χ1v) is 9.86. The van der Waals surface area contributed by atoms with Crippen LogP contribution < -0.4 is 9.47 Å². The quantitative estimate of drug-likeness (QED) is 0.401. The predicted molar refractivity (Wildman–Crippen MR) is 117 cm³/mol. The Morgan fingerprint density at radius 3 is 1.70 bits per heavy atom. The molecule has 0 radical (unpaired) electrons. The summed E-state index contributed by atoms with van der Waals surface area (Å²) in [5.41, 5.74) is 4.22. The second kappa shape index (κ2) is 8.54.